The van der Waals surface area contributed by atoms with Crippen molar-refractivity contribution in [2.45, 2.75) is 20.3 Å². The molecule has 1 unspecified atom stereocenters. The Morgan fingerprint density at radius 1 is 1.46 bits per heavy atom. The Morgan fingerprint density at radius 2 is 2.31 bits per heavy atom. The van der Waals surface area contributed by atoms with Crippen LogP contribution >= 0.6 is 0 Å². The molecule has 0 N–H and O–H groups in total. The van der Waals surface area contributed by atoms with E-state index in [2.05, 4.69) is 38.2 Å². The number of hydrogen-bond acceptors (Lipinski definition) is 1. The van der Waals surface area contributed by atoms with Crippen LogP contribution in [-0.4, -0.2) is 6.61 Å². The molecular formula is C12H16O. The average molecular weight is 176 g/mol. The van der Waals surface area contributed by atoms with E-state index in [1.54, 1.807) is 6.26 Å². The Balaban J connectivity index is 2.35. The van der Waals surface area contributed by atoms with Crippen LogP contribution in [0.25, 0.3) is 0 Å². The van der Waals surface area contributed by atoms with E-state index in [1.807, 2.05) is 0 Å². The Kier molecular flexibility index (Phi) is 2.03. The van der Waals surface area contributed by atoms with Gasteiger partial charge in [-0.2, -0.15) is 0 Å². The van der Waals surface area contributed by atoms with Gasteiger partial charge in [-0.25, -0.2) is 0 Å². The molecule has 2 rings (SSSR count). The van der Waals surface area contributed by atoms with Gasteiger partial charge in [-0.1, -0.05) is 32.1 Å². The van der Waals surface area contributed by atoms with Crippen molar-refractivity contribution in [3.8, 4) is 0 Å². The predicted octanol–water partition coefficient (Wildman–Crippen LogP) is 3.06. The summed E-state index contributed by atoms with van der Waals surface area (Å²) < 4.78 is 5.29. The van der Waals surface area contributed by atoms with Crippen LogP contribution in [0, 0.1) is 11.3 Å². The quantitative estimate of drug-likeness (QED) is 0.515. The van der Waals surface area contributed by atoms with E-state index in [0.29, 0.717) is 11.3 Å². The molecule has 0 aromatic rings. The standard InChI is InChI=1S/C12H16O/c1-12(2)6-3-4-11-9-13-7-5-10(11)8-12/h3-5,7-8,11H,6,9H2,1-2H3. The van der Waals surface area contributed by atoms with Crippen LogP contribution in [0.2, 0.25) is 0 Å². The lowest BCUT2D eigenvalue weighted by atomic mass is 9.87. The van der Waals surface area contributed by atoms with E-state index in [0.717, 1.165) is 13.0 Å². The summed E-state index contributed by atoms with van der Waals surface area (Å²) in [7, 11) is 0. The summed E-state index contributed by atoms with van der Waals surface area (Å²) in [5, 5.41) is 0. The van der Waals surface area contributed by atoms with Crippen LogP contribution < -0.4 is 0 Å². The molecule has 1 aliphatic carbocycles. The summed E-state index contributed by atoms with van der Waals surface area (Å²) >= 11 is 0. The van der Waals surface area contributed by atoms with E-state index in [9.17, 15) is 0 Å². The second-order valence-electron chi connectivity index (χ2n) is 4.51. The molecule has 0 bridgehead atoms. The largest absolute Gasteiger partial charge is 0.500 e. The Morgan fingerprint density at radius 3 is 3.15 bits per heavy atom. The van der Waals surface area contributed by atoms with Gasteiger partial charge >= 0.3 is 0 Å². The molecule has 2 aliphatic rings. The lowest BCUT2D eigenvalue weighted by molar-refractivity contribution is 0.218. The highest BCUT2D eigenvalue weighted by Crippen LogP contribution is 2.32. The zero-order valence-corrected chi connectivity index (χ0v) is 8.29. The van der Waals surface area contributed by atoms with Crippen molar-refractivity contribution in [1.29, 1.82) is 0 Å². The van der Waals surface area contributed by atoms with Crippen molar-refractivity contribution in [2.75, 3.05) is 6.61 Å². The highest BCUT2D eigenvalue weighted by atomic mass is 16.5. The first-order valence-electron chi connectivity index (χ1n) is 4.85. The minimum atomic E-state index is 0.294. The molecule has 0 amide bonds. The van der Waals surface area contributed by atoms with Gasteiger partial charge in [0.25, 0.3) is 0 Å². The van der Waals surface area contributed by atoms with Gasteiger partial charge in [0.1, 0.15) is 0 Å². The molecule has 70 valence electrons. The molecule has 0 aromatic carbocycles. The van der Waals surface area contributed by atoms with Gasteiger partial charge in [0.05, 0.1) is 12.9 Å². The first kappa shape index (κ1) is 8.61. The summed E-state index contributed by atoms with van der Waals surface area (Å²) in [4.78, 5) is 0. The smallest absolute Gasteiger partial charge is 0.0976 e. The van der Waals surface area contributed by atoms with Crippen molar-refractivity contribution in [1.82, 2.24) is 0 Å². The van der Waals surface area contributed by atoms with Gasteiger partial charge in [0.2, 0.25) is 0 Å². The van der Waals surface area contributed by atoms with Gasteiger partial charge in [-0.15, -0.1) is 0 Å². The monoisotopic (exact) mass is 176 g/mol. The Hall–Kier alpha value is -0.980. The Bertz CT molecular complexity index is 281. The lowest BCUT2D eigenvalue weighted by Crippen LogP contribution is -2.12. The predicted molar refractivity (Wildman–Crippen MR) is 54.2 cm³/mol. The van der Waals surface area contributed by atoms with Gasteiger partial charge in [0.15, 0.2) is 0 Å². The second kappa shape index (κ2) is 3.06. The third-order valence-corrected chi connectivity index (χ3v) is 2.63. The molecular weight excluding hydrogens is 160 g/mol. The molecule has 0 aromatic heterocycles. The van der Waals surface area contributed by atoms with Crippen molar-refractivity contribution in [2.24, 2.45) is 11.3 Å². The van der Waals surface area contributed by atoms with Crippen LogP contribution in [0.4, 0.5) is 0 Å². The van der Waals surface area contributed by atoms with E-state index < -0.39 is 0 Å². The van der Waals surface area contributed by atoms with Crippen molar-refractivity contribution in [3.05, 3.63) is 36.1 Å². The molecule has 0 spiro atoms. The first-order chi connectivity index (χ1) is 6.17. The number of rotatable bonds is 0. The van der Waals surface area contributed by atoms with Crippen molar-refractivity contribution < 1.29 is 4.74 Å². The number of allylic oxidation sites excluding steroid dienone is 3. The van der Waals surface area contributed by atoms with E-state index in [-0.39, 0.29) is 0 Å². The Labute approximate surface area is 79.8 Å². The van der Waals surface area contributed by atoms with Crippen LogP contribution in [-0.2, 0) is 4.74 Å². The summed E-state index contributed by atoms with van der Waals surface area (Å²) in [5.41, 5.74) is 1.70. The maximum atomic E-state index is 5.29. The van der Waals surface area contributed by atoms with Gasteiger partial charge in [-0.05, 0) is 23.5 Å². The number of fused-ring (bicyclic) bond motifs is 1. The highest BCUT2D eigenvalue weighted by Gasteiger charge is 2.21. The zero-order chi connectivity index (χ0) is 9.31. The van der Waals surface area contributed by atoms with Crippen LogP contribution in [0.5, 0.6) is 0 Å². The molecule has 1 atom stereocenters. The van der Waals surface area contributed by atoms with Gasteiger partial charge in [-0.3, -0.25) is 0 Å². The fourth-order valence-corrected chi connectivity index (χ4v) is 1.87. The van der Waals surface area contributed by atoms with Crippen molar-refractivity contribution in [3.63, 3.8) is 0 Å². The molecule has 0 radical (unpaired) electrons. The van der Waals surface area contributed by atoms with Crippen LogP contribution in [0.1, 0.15) is 20.3 Å². The fraction of sp³-hybridized carbons (Fsp3) is 0.500. The third-order valence-electron chi connectivity index (χ3n) is 2.63. The van der Waals surface area contributed by atoms with Crippen LogP contribution in [0.15, 0.2) is 36.1 Å². The second-order valence-corrected chi connectivity index (χ2v) is 4.51. The first-order valence-corrected chi connectivity index (χ1v) is 4.85. The summed E-state index contributed by atoms with van der Waals surface area (Å²) in [6.07, 6.45) is 11.9. The van der Waals surface area contributed by atoms with Gasteiger partial charge in [0, 0.05) is 5.92 Å². The highest BCUT2D eigenvalue weighted by molar-refractivity contribution is 5.30. The number of hydrogen-bond donors (Lipinski definition) is 0. The summed E-state index contributed by atoms with van der Waals surface area (Å²) in [6, 6.07) is 0. The SMILES string of the molecule is CC1(C)C=C2C=COCC2C=CC1. The topological polar surface area (TPSA) is 9.23 Å². The maximum absolute atomic E-state index is 5.29. The molecule has 1 heteroatoms. The van der Waals surface area contributed by atoms with E-state index >= 15 is 0 Å². The fourth-order valence-electron chi connectivity index (χ4n) is 1.87. The lowest BCUT2D eigenvalue weighted by Gasteiger charge is -2.21. The summed E-state index contributed by atoms with van der Waals surface area (Å²) in [5.74, 6) is 0.478. The molecule has 0 fully saturated rings. The minimum Gasteiger partial charge on any atom is -0.500 e. The zero-order valence-electron chi connectivity index (χ0n) is 8.29. The molecule has 1 nitrogen and oxygen atoms in total. The van der Waals surface area contributed by atoms with E-state index in [4.69, 9.17) is 4.74 Å². The molecule has 13 heavy (non-hydrogen) atoms. The average Bonchev–Trinajstić information content (AvgIpc) is 2.21. The molecule has 1 heterocycles. The van der Waals surface area contributed by atoms with Crippen molar-refractivity contribution >= 4 is 0 Å². The minimum absolute atomic E-state index is 0.294. The third kappa shape index (κ3) is 1.85. The summed E-state index contributed by atoms with van der Waals surface area (Å²) in [6.45, 7) is 5.35. The molecule has 0 saturated carbocycles. The molecule has 0 saturated heterocycles. The maximum Gasteiger partial charge on any atom is 0.0976 e. The molecule has 1 aliphatic heterocycles. The van der Waals surface area contributed by atoms with Gasteiger partial charge < -0.3 is 4.74 Å². The van der Waals surface area contributed by atoms with Crippen LogP contribution in [0.3, 0.4) is 0 Å². The van der Waals surface area contributed by atoms with E-state index in [1.165, 1.54) is 5.57 Å². The number of ether oxygens (including phenoxy) is 1. The normalized spacial score (nSPS) is 30.0.